The first-order valence-corrected chi connectivity index (χ1v) is 18.1. The van der Waals surface area contributed by atoms with Crippen molar-refractivity contribution >= 4 is 94.8 Å². The smallest absolute Gasteiger partial charge is 0.333 e. The average Bonchev–Trinajstić information content (AvgIpc) is 3.85. The number of furan rings is 2. The van der Waals surface area contributed by atoms with Crippen LogP contribution in [0, 0.1) is 0 Å². The molecule has 0 radical (unpaired) electrons. The third kappa shape index (κ3) is 3.50. The molecule has 0 atom stereocenters. The van der Waals surface area contributed by atoms with Crippen molar-refractivity contribution in [2.45, 2.75) is 26.2 Å². The number of para-hydroxylation sites is 3. The number of hydrogen-bond acceptors (Lipinski definition) is 3. The van der Waals surface area contributed by atoms with Crippen LogP contribution in [0.15, 0.2) is 142 Å². The Bertz CT molecular complexity index is 3090. The van der Waals surface area contributed by atoms with Gasteiger partial charge >= 0.3 is 6.85 Å². The number of hydrogen-bond donors (Lipinski definition) is 0. The van der Waals surface area contributed by atoms with Gasteiger partial charge in [-0.1, -0.05) is 98.3 Å². The van der Waals surface area contributed by atoms with Crippen LogP contribution in [0.2, 0.25) is 0 Å². The molecule has 3 aromatic heterocycles. The maximum Gasteiger partial charge on any atom is 0.333 e. The molecule has 240 valence electrons. The molecule has 0 spiro atoms. The molecule has 0 unspecified atom stereocenters. The SMILES string of the molecule is CCCCc1ccc(N2B3c4c(cc5c(oc6ccccc65)c4-c4c2ccc2ccccc42)-n2c4c3cccc4c3oc4ccccc4c32)cc1. The molecule has 4 nitrogen and oxygen atoms in total. The van der Waals surface area contributed by atoms with E-state index in [4.69, 9.17) is 8.83 Å². The lowest BCUT2D eigenvalue weighted by atomic mass is 9.43. The third-order valence-electron chi connectivity index (χ3n) is 11.5. The minimum atomic E-state index is -0.0933. The van der Waals surface area contributed by atoms with Crippen LogP contribution in [0.25, 0.3) is 82.5 Å². The number of rotatable bonds is 4. The van der Waals surface area contributed by atoms with Crippen molar-refractivity contribution in [3.05, 3.63) is 139 Å². The van der Waals surface area contributed by atoms with Gasteiger partial charge in [0.2, 0.25) is 0 Å². The van der Waals surface area contributed by atoms with Crippen LogP contribution < -0.4 is 15.7 Å². The molecule has 2 aliphatic heterocycles. The van der Waals surface area contributed by atoms with Gasteiger partial charge in [-0.05, 0) is 88.6 Å². The summed E-state index contributed by atoms with van der Waals surface area (Å²) >= 11 is 0. The van der Waals surface area contributed by atoms with Crippen LogP contribution in [-0.4, -0.2) is 11.4 Å². The minimum Gasteiger partial charge on any atom is -0.455 e. The molecule has 0 fully saturated rings. The predicted molar refractivity (Wildman–Crippen MR) is 213 cm³/mol. The highest BCUT2D eigenvalue weighted by Crippen LogP contribution is 2.51. The van der Waals surface area contributed by atoms with Crippen LogP contribution in [-0.2, 0) is 6.42 Å². The van der Waals surface area contributed by atoms with E-state index >= 15 is 0 Å². The summed E-state index contributed by atoms with van der Waals surface area (Å²) in [6.45, 7) is 2.17. The Balaban J connectivity index is 1.30. The van der Waals surface area contributed by atoms with Gasteiger partial charge in [-0.3, -0.25) is 0 Å². The summed E-state index contributed by atoms with van der Waals surface area (Å²) in [7, 11) is 0. The molecule has 10 aromatic rings. The van der Waals surface area contributed by atoms with E-state index in [1.807, 2.05) is 0 Å². The summed E-state index contributed by atoms with van der Waals surface area (Å²) in [4.78, 5) is 2.59. The van der Waals surface area contributed by atoms with E-state index in [1.54, 1.807) is 0 Å². The second-order valence-corrected chi connectivity index (χ2v) is 14.2. The van der Waals surface area contributed by atoms with E-state index in [0.29, 0.717) is 0 Å². The van der Waals surface area contributed by atoms with Gasteiger partial charge in [-0.15, -0.1) is 0 Å². The number of benzene rings is 7. The average molecular weight is 655 g/mol. The van der Waals surface area contributed by atoms with Crippen LogP contribution in [0.1, 0.15) is 25.3 Å². The van der Waals surface area contributed by atoms with Crippen molar-refractivity contribution in [2.24, 2.45) is 0 Å². The summed E-state index contributed by atoms with van der Waals surface area (Å²) in [5.74, 6) is 0. The van der Waals surface area contributed by atoms with Gasteiger partial charge in [0, 0.05) is 49.7 Å². The van der Waals surface area contributed by atoms with E-state index in [-0.39, 0.29) is 6.85 Å². The van der Waals surface area contributed by atoms with E-state index in [9.17, 15) is 0 Å². The summed E-state index contributed by atoms with van der Waals surface area (Å²) in [6, 6.07) is 48.9. The predicted octanol–water partition coefficient (Wildman–Crippen LogP) is 11.2. The highest BCUT2D eigenvalue weighted by molar-refractivity contribution is 6.94. The Hall–Kier alpha value is -6.20. The fourth-order valence-electron chi connectivity index (χ4n) is 9.35. The maximum absolute atomic E-state index is 6.96. The van der Waals surface area contributed by atoms with E-state index in [0.717, 1.165) is 55.8 Å². The summed E-state index contributed by atoms with van der Waals surface area (Å²) < 4.78 is 16.2. The number of anilines is 2. The van der Waals surface area contributed by atoms with Gasteiger partial charge in [0.15, 0.2) is 5.58 Å². The van der Waals surface area contributed by atoms with Gasteiger partial charge in [0.25, 0.3) is 0 Å². The molecular formula is C46H31BN2O2. The monoisotopic (exact) mass is 654 g/mol. The summed E-state index contributed by atoms with van der Waals surface area (Å²) in [6.07, 6.45) is 3.48. The standard InChI is InChI=1S/C46H31BN2O2/c1-2-3-11-27-20-23-29(24-21-27)49-36-25-22-28-12-4-5-13-30(28)40(36)41-42-37(26-34-31-14-6-8-18-38(31)50-45(34)41)48-43-33(16-10-17-35(43)47(42)49)46-44(48)32-15-7-9-19-39(32)51-46/h4-10,12-26H,2-3,11H2,1H3. The van der Waals surface area contributed by atoms with Gasteiger partial charge in [-0.25, -0.2) is 0 Å². The van der Waals surface area contributed by atoms with Crippen LogP contribution in [0.5, 0.6) is 0 Å². The third-order valence-corrected chi connectivity index (χ3v) is 11.5. The lowest BCUT2D eigenvalue weighted by Gasteiger charge is -2.42. The number of aryl methyl sites for hydroxylation is 1. The van der Waals surface area contributed by atoms with E-state index in [2.05, 4.69) is 150 Å². The first kappa shape index (κ1) is 27.6. The molecule has 0 amide bonds. The molecule has 51 heavy (non-hydrogen) atoms. The van der Waals surface area contributed by atoms with Crippen LogP contribution in [0.3, 0.4) is 0 Å². The van der Waals surface area contributed by atoms with Crippen molar-refractivity contribution in [1.82, 2.24) is 4.57 Å². The number of unbranched alkanes of at least 4 members (excludes halogenated alkanes) is 1. The highest BCUT2D eigenvalue weighted by Gasteiger charge is 2.46. The largest absolute Gasteiger partial charge is 0.455 e. The molecule has 5 heterocycles. The highest BCUT2D eigenvalue weighted by atomic mass is 16.3. The molecule has 0 N–H and O–H groups in total. The maximum atomic E-state index is 6.96. The molecule has 7 aromatic carbocycles. The lowest BCUT2D eigenvalue weighted by Crippen LogP contribution is -2.60. The molecule has 0 bridgehead atoms. The minimum absolute atomic E-state index is 0.0933. The fourth-order valence-corrected chi connectivity index (χ4v) is 9.35. The molecule has 0 saturated heterocycles. The number of nitrogens with zero attached hydrogens (tertiary/aromatic N) is 2. The van der Waals surface area contributed by atoms with Crippen molar-refractivity contribution in [1.29, 1.82) is 0 Å². The van der Waals surface area contributed by atoms with Crippen molar-refractivity contribution in [2.75, 3.05) is 4.81 Å². The van der Waals surface area contributed by atoms with Crippen molar-refractivity contribution < 1.29 is 8.83 Å². The summed E-state index contributed by atoms with van der Waals surface area (Å²) in [5.41, 5.74) is 15.9. The quantitative estimate of drug-likeness (QED) is 0.177. The van der Waals surface area contributed by atoms with Crippen LogP contribution >= 0.6 is 0 Å². The zero-order valence-corrected chi connectivity index (χ0v) is 28.1. The first-order chi connectivity index (χ1) is 25.3. The molecule has 2 aliphatic rings. The molecule has 0 aliphatic carbocycles. The molecule has 5 heteroatoms. The number of fused-ring (bicyclic) bond motifs is 15. The normalized spacial score (nSPS) is 13.4. The van der Waals surface area contributed by atoms with Crippen molar-refractivity contribution in [3.8, 4) is 16.8 Å². The van der Waals surface area contributed by atoms with Gasteiger partial charge in [0.1, 0.15) is 22.3 Å². The zero-order chi connectivity index (χ0) is 33.4. The zero-order valence-electron chi connectivity index (χ0n) is 28.1. The van der Waals surface area contributed by atoms with Gasteiger partial charge in [-0.2, -0.15) is 0 Å². The molecular weight excluding hydrogens is 623 g/mol. The van der Waals surface area contributed by atoms with E-state index < -0.39 is 0 Å². The van der Waals surface area contributed by atoms with Gasteiger partial charge in [0.05, 0.1) is 5.52 Å². The second kappa shape index (κ2) is 9.95. The molecule has 0 saturated carbocycles. The Kier molecular flexibility index (Phi) is 5.39. The molecule has 12 rings (SSSR count). The summed E-state index contributed by atoms with van der Waals surface area (Å²) in [5, 5.41) is 6.97. The van der Waals surface area contributed by atoms with E-state index in [1.165, 1.54) is 73.8 Å². The lowest BCUT2D eigenvalue weighted by molar-refractivity contribution is 0.670. The second-order valence-electron chi connectivity index (χ2n) is 14.2. The Morgan fingerprint density at radius 1 is 0.569 bits per heavy atom. The van der Waals surface area contributed by atoms with Gasteiger partial charge < -0.3 is 18.2 Å². The topological polar surface area (TPSA) is 34.5 Å². The van der Waals surface area contributed by atoms with Crippen LogP contribution in [0.4, 0.5) is 11.4 Å². The number of aromatic nitrogens is 1. The Morgan fingerprint density at radius 2 is 1.29 bits per heavy atom. The Labute approximate surface area is 294 Å². The fraction of sp³-hybridized carbons (Fsp3) is 0.0870. The Morgan fingerprint density at radius 3 is 2.14 bits per heavy atom. The first-order valence-electron chi connectivity index (χ1n) is 18.1. The van der Waals surface area contributed by atoms with Crippen molar-refractivity contribution in [3.63, 3.8) is 0 Å².